The minimum absolute atomic E-state index is 0.0487. The molecule has 2 aliphatic heterocycles. The molecule has 3 nitrogen and oxygen atoms in total. The number of nitrogens with one attached hydrogen (secondary N) is 2. The molecule has 0 radical (unpaired) electrons. The Kier molecular flexibility index (Phi) is 5.62. The van der Waals surface area contributed by atoms with Crippen molar-refractivity contribution in [1.82, 2.24) is 10.6 Å². The summed E-state index contributed by atoms with van der Waals surface area (Å²) < 4.78 is 6.67. The average molecular weight is 567 g/mol. The van der Waals surface area contributed by atoms with Crippen LogP contribution < -0.4 is 15.4 Å². The maximum Gasteiger partial charge on any atom is 0.132 e. The van der Waals surface area contributed by atoms with Gasteiger partial charge in [-0.3, -0.25) is 5.32 Å². The van der Waals surface area contributed by atoms with Gasteiger partial charge in [-0.25, -0.2) is 0 Å². The van der Waals surface area contributed by atoms with Gasteiger partial charge in [-0.15, -0.1) is 0 Å². The summed E-state index contributed by atoms with van der Waals surface area (Å²) in [6.07, 6.45) is 2.18. The third-order valence-electron chi connectivity index (χ3n) is 9.43. The highest BCUT2D eigenvalue weighted by atomic mass is 16.5. The summed E-state index contributed by atoms with van der Waals surface area (Å²) in [5, 5.41) is 7.74. The normalized spacial score (nSPS) is 18.6. The summed E-state index contributed by atoms with van der Waals surface area (Å²) in [4.78, 5) is 0. The lowest BCUT2D eigenvalue weighted by Crippen LogP contribution is -2.40. The van der Waals surface area contributed by atoms with Gasteiger partial charge in [0.15, 0.2) is 0 Å². The predicted octanol–water partition coefficient (Wildman–Crippen LogP) is 9.13. The number of rotatable bonds is 3. The maximum absolute atomic E-state index is 6.67. The van der Waals surface area contributed by atoms with Crippen LogP contribution in [0.15, 0.2) is 158 Å². The molecule has 6 aromatic rings. The Labute approximate surface area is 257 Å². The number of fused-ring (bicyclic) bond motifs is 9. The third-order valence-corrected chi connectivity index (χ3v) is 9.43. The molecule has 1 aliphatic carbocycles. The number of hydrogen-bond donors (Lipinski definition) is 2. The van der Waals surface area contributed by atoms with Gasteiger partial charge in [-0.1, -0.05) is 133 Å². The van der Waals surface area contributed by atoms with Gasteiger partial charge in [-0.05, 0) is 63.2 Å². The summed E-state index contributed by atoms with van der Waals surface area (Å²) in [6, 6.07) is 54.3. The van der Waals surface area contributed by atoms with Crippen molar-refractivity contribution in [3.05, 3.63) is 197 Å². The number of para-hydroxylation sites is 1. The molecule has 2 atom stereocenters. The molecule has 0 saturated carbocycles. The molecular weight excluding hydrogens is 536 g/mol. The molecule has 3 aliphatic rings. The van der Waals surface area contributed by atoms with Gasteiger partial charge in [-0.2, -0.15) is 0 Å². The Morgan fingerprint density at radius 1 is 0.500 bits per heavy atom. The van der Waals surface area contributed by atoms with Gasteiger partial charge in [0, 0.05) is 16.8 Å². The molecule has 3 heteroatoms. The molecule has 44 heavy (non-hydrogen) atoms. The molecule has 9 rings (SSSR count). The lowest BCUT2D eigenvalue weighted by molar-refractivity contribution is 0.427. The summed E-state index contributed by atoms with van der Waals surface area (Å²) in [6.45, 7) is 0. The van der Waals surface area contributed by atoms with Gasteiger partial charge in [0.25, 0.3) is 0 Å². The summed E-state index contributed by atoms with van der Waals surface area (Å²) >= 11 is 0. The van der Waals surface area contributed by atoms with E-state index in [1.165, 1.54) is 44.5 Å². The Bertz CT molecular complexity index is 2020. The molecule has 0 bridgehead atoms. The molecular formula is C41H30N2O. The Morgan fingerprint density at radius 3 is 1.82 bits per heavy atom. The van der Waals surface area contributed by atoms with Crippen molar-refractivity contribution < 1.29 is 4.74 Å². The van der Waals surface area contributed by atoms with Crippen LogP contribution in [0.2, 0.25) is 0 Å². The zero-order valence-electron chi connectivity index (χ0n) is 24.1. The fourth-order valence-corrected chi connectivity index (χ4v) is 7.52. The zero-order valence-corrected chi connectivity index (χ0v) is 24.1. The van der Waals surface area contributed by atoms with E-state index in [1.807, 2.05) is 0 Å². The second-order valence-electron chi connectivity index (χ2n) is 11.8. The monoisotopic (exact) mass is 566 g/mol. The Balaban J connectivity index is 1.24. The largest absolute Gasteiger partial charge is 0.457 e. The van der Waals surface area contributed by atoms with Crippen LogP contribution in [0.4, 0.5) is 0 Å². The van der Waals surface area contributed by atoms with Crippen LogP contribution in [0.25, 0.3) is 16.8 Å². The Morgan fingerprint density at radius 2 is 1.09 bits per heavy atom. The minimum atomic E-state index is -0.487. The smallest absolute Gasteiger partial charge is 0.132 e. The quantitative estimate of drug-likeness (QED) is 0.224. The van der Waals surface area contributed by atoms with Crippen molar-refractivity contribution in [3.8, 4) is 22.6 Å². The van der Waals surface area contributed by atoms with Crippen molar-refractivity contribution >= 4 is 5.70 Å². The predicted molar refractivity (Wildman–Crippen MR) is 176 cm³/mol. The highest BCUT2D eigenvalue weighted by Gasteiger charge is 2.51. The van der Waals surface area contributed by atoms with Crippen LogP contribution in [0, 0.1) is 0 Å². The van der Waals surface area contributed by atoms with Crippen molar-refractivity contribution in [2.45, 2.75) is 17.6 Å². The zero-order chi connectivity index (χ0) is 29.1. The number of ether oxygens (including phenoxy) is 1. The van der Waals surface area contributed by atoms with Crippen LogP contribution in [-0.2, 0) is 5.41 Å². The molecule has 2 unspecified atom stereocenters. The summed E-state index contributed by atoms with van der Waals surface area (Å²) in [5.74, 6) is 1.81. The SMILES string of the molecule is C1=C(c2ccccc2)NC(c2ccc3c(c2)C2(c4ccccc4O3)c3ccccc3-c3ccccc32)NC1c1ccccc1. The van der Waals surface area contributed by atoms with E-state index in [4.69, 9.17) is 4.74 Å². The molecule has 2 heterocycles. The second kappa shape index (κ2) is 9.84. The highest BCUT2D eigenvalue weighted by molar-refractivity contribution is 5.88. The van der Waals surface area contributed by atoms with E-state index in [9.17, 15) is 0 Å². The molecule has 2 N–H and O–H groups in total. The highest BCUT2D eigenvalue weighted by Crippen LogP contribution is 2.62. The van der Waals surface area contributed by atoms with Crippen molar-refractivity contribution in [2.24, 2.45) is 0 Å². The first-order chi connectivity index (χ1) is 21.8. The van der Waals surface area contributed by atoms with E-state index in [2.05, 4.69) is 168 Å². The first-order valence-electron chi connectivity index (χ1n) is 15.3. The number of hydrogen-bond acceptors (Lipinski definition) is 3. The van der Waals surface area contributed by atoms with Crippen LogP contribution in [-0.4, -0.2) is 0 Å². The second-order valence-corrected chi connectivity index (χ2v) is 11.8. The van der Waals surface area contributed by atoms with E-state index < -0.39 is 5.41 Å². The van der Waals surface area contributed by atoms with E-state index in [0.717, 1.165) is 22.8 Å². The summed E-state index contributed by atoms with van der Waals surface area (Å²) in [7, 11) is 0. The molecule has 210 valence electrons. The van der Waals surface area contributed by atoms with Gasteiger partial charge < -0.3 is 10.1 Å². The van der Waals surface area contributed by atoms with Gasteiger partial charge in [0.2, 0.25) is 0 Å². The minimum Gasteiger partial charge on any atom is -0.457 e. The van der Waals surface area contributed by atoms with Crippen LogP contribution in [0.3, 0.4) is 0 Å². The summed E-state index contributed by atoms with van der Waals surface area (Å²) in [5.41, 5.74) is 11.7. The maximum atomic E-state index is 6.67. The Hall–Kier alpha value is -5.38. The van der Waals surface area contributed by atoms with E-state index >= 15 is 0 Å². The molecule has 0 saturated heterocycles. The van der Waals surface area contributed by atoms with E-state index in [1.54, 1.807) is 0 Å². The van der Waals surface area contributed by atoms with E-state index in [-0.39, 0.29) is 12.2 Å². The van der Waals surface area contributed by atoms with Gasteiger partial charge >= 0.3 is 0 Å². The lowest BCUT2D eigenvalue weighted by atomic mass is 9.66. The molecule has 6 aromatic carbocycles. The average Bonchev–Trinajstić information content (AvgIpc) is 3.40. The van der Waals surface area contributed by atoms with Crippen LogP contribution >= 0.6 is 0 Å². The fourth-order valence-electron chi connectivity index (χ4n) is 7.52. The standard InChI is InChI=1S/C41H30N2O/c1-3-13-27(14-4-1)36-26-37(28-15-5-2-6-16-28)43-40(42-36)29-23-24-39-35(25-29)41(34-21-11-12-22-38(34)44-39)32-19-9-7-17-30(32)31-18-8-10-20-33(31)41/h1-26,36,40,42-43H. The molecule has 1 spiro atoms. The van der Waals surface area contributed by atoms with Crippen molar-refractivity contribution in [2.75, 3.05) is 0 Å². The van der Waals surface area contributed by atoms with Crippen LogP contribution in [0.5, 0.6) is 11.5 Å². The third kappa shape index (κ3) is 3.66. The lowest BCUT2D eigenvalue weighted by Gasteiger charge is -2.40. The van der Waals surface area contributed by atoms with Crippen molar-refractivity contribution in [1.29, 1.82) is 0 Å². The van der Waals surface area contributed by atoms with Crippen molar-refractivity contribution in [3.63, 3.8) is 0 Å². The van der Waals surface area contributed by atoms with E-state index in [0.29, 0.717) is 0 Å². The molecule has 0 aromatic heterocycles. The van der Waals surface area contributed by atoms with Gasteiger partial charge in [0.1, 0.15) is 17.7 Å². The van der Waals surface area contributed by atoms with Gasteiger partial charge in [0.05, 0.1) is 11.5 Å². The number of benzene rings is 6. The molecule has 0 fully saturated rings. The topological polar surface area (TPSA) is 33.3 Å². The first kappa shape index (κ1) is 25.1. The first-order valence-corrected chi connectivity index (χ1v) is 15.3. The molecule has 0 amide bonds. The fraction of sp³-hybridized carbons (Fsp3) is 0.0732. The van der Waals surface area contributed by atoms with Crippen LogP contribution in [0.1, 0.15) is 51.2 Å².